The third-order valence-corrected chi connectivity index (χ3v) is 4.42. The number of amides is 2. The summed E-state index contributed by atoms with van der Waals surface area (Å²) >= 11 is 12.0. The summed E-state index contributed by atoms with van der Waals surface area (Å²) in [4.78, 5) is 25.4. The lowest BCUT2D eigenvalue weighted by Crippen LogP contribution is -2.33. The molecule has 1 N–H and O–H groups in total. The topological polar surface area (TPSA) is 49.4 Å². The van der Waals surface area contributed by atoms with E-state index in [1.807, 2.05) is 6.07 Å². The number of halogens is 3. The number of carbonyl (C=O) groups is 2. The predicted octanol–water partition coefficient (Wildman–Crippen LogP) is 4.55. The van der Waals surface area contributed by atoms with Crippen LogP contribution in [0.3, 0.4) is 0 Å². The van der Waals surface area contributed by atoms with Crippen molar-refractivity contribution >= 4 is 40.7 Å². The fourth-order valence-corrected chi connectivity index (χ4v) is 2.94. The minimum atomic E-state index is -0.423. The molecule has 0 saturated heterocycles. The summed E-state index contributed by atoms with van der Waals surface area (Å²) in [6.45, 7) is 2.15. The highest BCUT2D eigenvalue weighted by Crippen LogP contribution is 2.21. The Morgan fingerprint density at radius 3 is 2.54 bits per heavy atom. The second kappa shape index (κ2) is 9.55. The van der Waals surface area contributed by atoms with Gasteiger partial charge < -0.3 is 10.2 Å². The van der Waals surface area contributed by atoms with E-state index >= 15 is 0 Å². The fraction of sp³-hybridized carbons (Fsp3) is 0.263. The van der Waals surface area contributed by atoms with Gasteiger partial charge in [0.25, 0.3) is 0 Å². The molecule has 0 saturated carbocycles. The standard InChI is InChI=1S/C19H19Cl2FN2O2/c1-13(25)24(9-7-14-5-6-15(20)11-18(14)21)10-8-19(26)23-17-4-2-3-16(22)12-17/h2-6,11-12H,7-10H2,1H3,(H,23,26). The maximum Gasteiger partial charge on any atom is 0.226 e. The summed E-state index contributed by atoms with van der Waals surface area (Å²) in [5.74, 6) is -0.840. The Morgan fingerprint density at radius 1 is 1.12 bits per heavy atom. The van der Waals surface area contributed by atoms with Crippen LogP contribution in [0.2, 0.25) is 10.0 Å². The van der Waals surface area contributed by atoms with E-state index in [1.165, 1.54) is 25.1 Å². The van der Waals surface area contributed by atoms with Crippen molar-refractivity contribution in [1.82, 2.24) is 4.90 Å². The molecule has 0 unspecified atom stereocenters. The van der Waals surface area contributed by atoms with E-state index in [0.29, 0.717) is 28.7 Å². The van der Waals surface area contributed by atoms with Gasteiger partial charge in [-0.05, 0) is 42.3 Å². The molecule has 7 heteroatoms. The van der Waals surface area contributed by atoms with Crippen molar-refractivity contribution in [3.05, 3.63) is 63.9 Å². The molecule has 0 fully saturated rings. The van der Waals surface area contributed by atoms with Gasteiger partial charge in [-0.15, -0.1) is 0 Å². The van der Waals surface area contributed by atoms with E-state index in [2.05, 4.69) is 5.32 Å². The lowest BCUT2D eigenvalue weighted by atomic mass is 10.1. The Balaban J connectivity index is 1.87. The zero-order valence-electron chi connectivity index (χ0n) is 14.3. The van der Waals surface area contributed by atoms with E-state index in [1.54, 1.807) is 23.1 Å². The van der Waals surface area contributed by atoms with E-state index in [0.717, 1.165) is 5.56 Å². The lowest BCUT2D eigenvalue weighted by Gasteiger charge is -2.21. The van der Waals surface area contributed by atoms with Crippen molar-refractivity contribution in [2.45, 2.75) is 19.8 Å². The summed E-state index contributed by atoms with van der Waals surface area (Å²) in [5, 5.41) is 3.71. The minimum Gasteiger partial charge on any atom is -0.342 e. The second-order valence-corrected chi connectivity index (χ2v) is 6.64. The predicted molar refractivity (Wildman–Crippen MR) is 102 cm³/mol. The number of rotatable bonds is 7. The Labute approximate surface area is 161 Å². The van der Waals surface area contributed by atoms with Gasteiger partial charge in [0.1, 0.15) is 5.82 Å². The van der Waals surface area contributed by atoms with Gasteiger partial charge in [-0.2, -0.15) is 0 Å². The monoisotopic (exact) mass is 396 g/mol. The second-order valence-electron chi connectivity index (χ2n) is 5.80. The number of anilines is 1. The molecule has 0 aliphatic carbocycles. The molecule has 0 aliphatic rings. The van der Waals surface area contributed by atoms with E-state index < -0.39 is 5.82 Å². The number of hydrogen-bond donors (Lipinski definition) is 1. The molecule has 138 valence electrons. The smallest absolute Gasteiger partial charge is 0.226 e. The van der Waals surface area contributed by atoms with E-state index in [-0.39, 0.29) is 24.8 Å². The van der Waals surface area contributed by atoms with Gasteiger partial charge in [0, 0.05) is 42.2 Å². The quantitative estimate of drug-likeness (QED) is 0.745. The van der Waals surface area contributed by atoms with Gasteiger partial charge in [0.05, 0.1) is 0 Å². The zero-order chi connectivity index (χ0) is 19.1. The van der Waals surface area contributed by atoms with Crippen molar-refractivity contribution in [3.8, 4) is 0 Å². The van der Waals surface area contributed by atoms with Crippen LogP contribution in [0.25, 0.3) is 0 Å². The van der Waals surface area contributed by atoms with Crippen LogP contribution < -0.4 is 5.32 Å². The highest BCUT2D eigenvalue weighted by atomic mass is 35.5. The van der Waals surface area contributed by atoms with Crippen LogP contribution in [0, 0.1) is 5.82 Å². The molecule has 2 amide bonds. The molecule has 0 aliphatic heterocycles. The van der Waals surface area contributed by atoms with Crippen molar-refractivity contribution in [3.63, 3.8) is 0 Å². The van der Waals surface area contributed by atoms with Gasteiger partial charge in [0.15, 0.2) is 0 Å². The van der Waals surface area contributed by atoms with Gasteiger partial charge in [0.2, 0.25) is 11.8 Å². The molecule has 4 nitrogen and oxygen atoms in total. The lowest BCUT2D eigenvalue weighted by molar-refractivity contribution is -0.129. The summed E-state index contributed by atoms with van der Waals surface area (Å²) in [7, 11) is 0. The molecule has 0 bridgehead atoms. The number of benzene rings is 2. The number of nitrogens with zero attached hydrogens (tertiary/aromatic N) is 1. The maximum atomic E-state index is 13.1. The van der Waals surface area contributed by atoms with Crippen molar-refractivity contribution in [1.29, 1.82) is 0 Å². The highest BCUT2D eigenvalue weighted by molar-refractivity contribution is 6.35. The third kappa shape index (κ3) is 6.32. The molecule has 0 radical (unpaired) electrons. The molecule has 26 heavy (non-hydrogen) atoms. The minimum absolute atomic E-state index is 0.116. The number of hydrogen-bond acceptors (Lipinski definition) is 2. The SMILES string of the molecule is CC(=O)N(CCC(=O)Nc1cccc(F)c1)CCc1ccc(Cl)cc1Cl. The van der Waals surface area contributed by atoms with Gasteiger partial charge in [-0.25, -0.2) is 4.39 Å². The Hall–Kier alpha value is -2.11. The van der Waals surface area contributed by atoms with Crippen LogP contribution in [0.15, 0.2) is 42.5 Å². The molecular weight excluding hydrogens is 378 g/mol. The average Bonchev–Trinajstić information content (AvgIpc) is 2.56. The van der Waals surface area contributed by atoms with Gasteiger partial charge in [-0.1, -0.05) is 35.3 Å². The average molecular weight is 397 g/mol. The first-order valence-electron chi connectivity index (χ1n) is 8.10. The van der Waals surface area contributed by atoms with Crippen LogP contribution >= 0.6 is 23.2 Å². The van der Waals surface area contributed by atoms with Crippen molar-refractivity contribution in [2.24, 2.45) is 0 Å². The van der Waals surface area contributed by atoms with Crippen LogP contribution in [-0.4, -0.2) is 29.8 Å². The molecule has 2 aromatic carbocycles. The molecule has 0 spiro atoms. The van der Waals surface area contributed by atoms with Crippen LogP contribution in [-0.2, 0) is 16.0 Å². The van der Waals surface area contributed by atoms with Crippen LogP contribution in [0.4, 0.5) is 10.1 Å². The molecular formula is C19H19Cl2FN2O2. The van der Waals surface area contributed by atoms with Crippen molar-refractivity contribution < 1.29 is 14.0 Å². The summed E-state index contributed by atoms with van der Waals surface area (Å²) in [5.41, 5.74) is 1.27. The largest absolute Gasteiger partial charge is 0.342 e. The first-order chi connectivity index (χ1) is 12.3. The summed E-state index contributed by atoms with van der Waals surface area (Å²) in [6, 6.07) is 10.9. The summed E-state index contributed by atoms with van der Waals surface area (Å²) < 4.78 is 13.1. The molecule has 0 heterocycles. The zero-order valence-corrected chi connectivity index (χ0v) is 15.8. The first-order valence-corrected chi connectivity index (χ1v) is 8.85. The van der Waals surface area contributed by atoms with Crippen LogP contribution in [0.1, 0.15) is 18.9 Å². The normalized spacial score (nSPS) is 10.5. The molecule has 0 atom stereocenters. The van der Waals surface area contributed by atoms with E-state index in [9.17, 15) is 14.0 Å². The fourth-order valence-electron chi connectivity index (χ4n) is 2.43. The van der Waals surface area contributed by atoms with Crippen molar-refractivity contribution in [2.75, 3.05) is 18.4 Å². The van der Waals surface area contributed by atoms with Gasteiger partial charge in [-0.3, -0.25) is 9.59 Å². The molecule has 0 aromatic heterocycles. The Morgan fingerprint density at radius 2 is 1.88 bits per heavy atom. The summed E-state index contributed by atoms with van der Waals surface area (Å²) in [6.07, 6.45) is 0.672. The maximum absolute atomic E-state index is 13.1. The highest BCUT2D eigenvalue weighted by Gasteiger charge is 2.13. The first kappa shape index (κ1) is 20.2. The van der Waals surface area contributed by atoms with Gasteiger partial charge >= 0.3 is 0 Å². The van der Waals surface area contributed by atoms with E-state index in [4.69, 9.17) is 23.2 Å². The Bertz CT molecular complexity index is 799. The van der Waals surface area contributed by atoms with Crippen LogP contribution in [0.5, 0.6) is 0 Å². The third-order valence-electron chi connectivity index (χ3n) is 3.83. The molecule has 2 rings (SSSR count). The Kier molecular flexibility index (Phi) is 7.42. The number of carbonyl (C=O) groups excluding carboxylic acids is 2. The molecule has 2 aromatic rings. The number of nitrogens with one attached hydrogen (secondary N) is 1.